The Morgan fingerprint density at radius 1 is 1.30 bits per heavy atom. The first kappa shape index (κ1) is 16.8. The van der Waals surface area contributed by atoms with E-state index >= 15 is 0 Å². The number of rotatable bonds is 7. The van der Waals surface area contributed by atoms with Crippen LogP contribution in [-0.2, 0) is 10.0 Å². The zero-order valence-corrected chi connectivity index (χ0v) is 13.4. The van der Waals surface area contributed by atoms with Crippen LogP contribution in [0.3, 0.4) is 0 Å². The molecule has 5 nitrogen and oxygen atoms in total. The number of nitrogens with two attached hydrogens (primary N) is 1. The van der Waals surface area contributed by atoms with Crippen molar-refractivity contribution in [3.63, 3.8) is 0 Å². The van der Waals surface area contributed by atoms with Crippen LogP contribution in [0.1, 0.15) is 33.6 Å². The van der Waals surface area contributed by atoms with E-state index in [9.17, 15) is 8.42 Å². The van der Waals surface area contributed by atoms with Gasteiger partial charge in [-0.15, -0.1) is 0 Å². The van der Waals surface area contributed by atoms with Crippen molar-refractivity contribution >= 4 is 21.4 Å². The van der Waals surface area contributed by atoms with Crippen molar-refractivity contribution < 1.29 is 8.42 Å². The van der Waals surface area contributed by atoms with Gasteiger partial charge in [0.2, 0.25) is 10.0 Å². The normalized spacial score (nSPS) is 14.8. The number of hydrogen-bond acceptors (Lipinski definition) is 4. The minimum Gasteiger partial charge on any atom is -0.397 e. The van der Waals surface area contributed by atoms with Gasteiger partial charge in [-0.25, -0.2) is 13.1 Å². The van der Waals surface area contributed by atoms with E-state index in [1.54, 1.807) is 12.1 Å². The molecule has 0 aromatic heterocycles. The van der Waals surface area contributed by atoms with E-state index in [1.807, 2.05) is 0 Å². The van der Waals surface area contributed by atoms with E-state index in [-0.39, 0.29) is 10.9 Å². The second kappa shape index (κ2) is 6.95. The van der Waals surface area contributed by atoms with Gasteiger partial charge in [0.25, 0.3) is 0 Å². The zero-order chi connectivity index (χ0) is 15.3. The van der Waals surface area contributed by atoms with E-state index < -0.39 is 10.0 Å². The molecule has 1 rings (SSSR count). The first-order valence-corrected chi connectivity index (χ1v) is 8.38. The molecule has 4 N–H and O–H groups in total. The molecule has 1 aromatic rings. The lowest BCUT2D eigenvalue weighted by Gasteiger charge is -2.20. The predicted octanol–water partition coefficient (Wildman–Crippen LogP) is 2.41. The Morgan fingerprint density at radius 3 is 2.50 bits per heavy atom. The molecule has 0 heterocycles. The maximum absolute atomic E-state index is 11.8. The molecule has 0 bridgehead atoms. The van der Waals surface area contributed by atoms with Gasteiger partial charge in [-0.1, -0.05) is 20.3 Å². The third-order valence-corrected chi connectivity index (χ3v) is 4.87. The van der Waals surface area contributed by atoms with E-state index in [1.165, 1.54) is 13.1 Å². The van der Waals surface area contributed by atoms with Gasteiger partial charge in [-0.2, -0.15) is 0 Å². The van der Waals surface area contributed by atoms with Crippen molar-refractivity contribution in [1.29, 1.82) is 0 Å². The molecule has 0 amide bonds. The molecule has 0 saturated carbocycles. The van der Waals surface area contributed by atoms with Gasteiger partial charge >= 0.3 is 0 Å². The van der Waals surface area contributed by atoms with Gasteiger partial charge < -0.3 is 11.1 Å². The lowest BCUT2D eigenvalue weighted by Crippen LogP contribution is -2.21. The Hall–Kier alpha value is -1.27. The monoisotopic (exact) mass is 299 g/mol. The van der Waals surface area contributed by atoms with Crippen molar-refractivity contribution in [1.82, 2.24) is 4.72 Å². The highest BCUT2D eigenvalue weighted by Gasteiger charge is 2.14. The third kappa shape index (κ3) is 4.38. The smallest absolute Gasteiger partial charge is 0.240 e. The van der Waals surface area contributed by atoms with Gasteiger partial charge in [-0.05, 0) is 44.5 Å². The fourth-order valence-corrected chi connectivity index (χ4v) is 2.80. The van der Waals surface area contributed by atoms with Crippen LogP contribution in [0.5, 0.6) is 0 Å². The SMILES string of the molecule is CCC(C)CC(C)Nc1cc(S(=O)(=O)NC)ccc1N. The minimum atomic E-state index is -3.45. The summed E-state index contributed by atoms with van der Waals surface area (Å²) in [7, 11) is -2.05. The van der Waals surface area contributed by atoms with Gasteiger partial charge in [-0.3, -0.25) is 0 Å². The van der Waals surface area contributed by atoms with Crippen LogP contribution in [-0.4, -0.2) is 21.5 Å². The number of nitrogens with one attached hydrogen (secondary N) is 2. The highest BCUT2D eigenvalue weighted by molar-refractivity contribution is 7.89. The van der Waals surface area contributed by atoms with Crippen LogP contribution < -0.4 is 15.8 Å². The van der Waals surface area contributed by atoms with Crippen LogP contribution in [0.25, 0.3) is 0 Å². The summed E-state index contributed by atoms with van der Waals surface area (Å²) < 4.78 is 25.9. The number of hydrogen-bond donors (Lipinski definition) is 3. The minimum absolute atomic E-state index is 0.215. The standard InChI is InChI=1S/C14H25N3O2S/c1-5-10(2)8-11(3)17-14-9-12(6-7-13(14)15)20(18,19)16-4/h6-7,9-11,16-17H,5,8,15H2,1-4H3. The van der Waals surface area contributed by atoms with Crippen molar-refractivity contribution in [3.8, 4) is 0 Å². The quantitative estimate of drug-likeness (QED) is 0.675. The Labute approximate surface area is 122 Å². The molecular formula is C14H25N3O2S. The van der Waals surface area contributed by atoms with Crippen LogP contribution in [0.4, 0.5) is 11.4 Å². The summed E-state index contributed by atoms with van der Waals surface area (Å²) in [5.41, 5.74) is 7.12. The Balaban J connectivity index is 2.93. The molecule has 114 valence electrons. The summed E-state index contributed by atoms with van der Waals surface area (Å²) in [5.74, 6) is 0.614. The van der Waals surface area contributed by atoms with Crippen LogP contribution in [0.15, 0.2) is 23.1 Å². The molecule has 6 heteroatoms. The predicted molar refractivity (Wildman–Crippen MR) is 84.3 cm³/mol. The first-order chi connectivity index (χ1) is 9.30. The molecule has 1 aromatic carbocycles. The van der Waals surface area contributed by atoms with Crippen LogP contribution >= 0.6 is 0 Å². The summed E-state index contributed by atoms with van der Waals surface area (Å²) in [6, 6.07) is 4.93. The van der Waals surface area contributed by atoms with E-state index in [2.05, 4.69) is 30.8 Å². The first-order valence-electron chi connectivity index (χ1n) is 6.89. The molecule has 0 aliphatic carbocycles. The lowest BCUT2D eigenvalue weighted by atomic mass is 10.0. The molecular weight excluding hydrogens is 274 g/mol. The molecule has 2 atom stereocenters. The van der Waals surface area contributed by atoms with Gasteiger partial charge in [0.1, 0.15) is 0 Å². The molecule has 0 saturated heterocycles. The summed E-state index contributed by atoms with van der Waals surface area (Å²) >= 11 is 0. The van der Waals surface area contributed by atoms with E-state index in [4.69, 9.17) is 5.73 Å². The molecule has 0 spiro atoms. The number of nitrogen functional groups attached to an aromatic ring is 1. The largest absolute Gasteiger partial charge is 0.397 e. The van der Waals surface area contributed by atoms with Crippen molar-refractivity contribution in [2.45, 2.75) is 44.6 Å². The van der Waals surface area contributed by atoms with Gasteiger partial charge in [0.15, 0.2) is 0 Å². The number of benzene rings is 1. The third-order valence-electron chi connectivity index (χ3n) is 3.46. The molecule has 20 heavy (non-hydrogen) atoms. The molecule has 0 radical (unpaired) electrons. The summed E-state index contributed by atoms with van der Waals surface area (Å²) in [6.07, 6.45) is 2.13. The Bertz CT molecular complexity index is 543. The maximum atomic E-state index is 11.8. The fourth-order valence-electron chi connectivity index (χ4n) is 2.04. The zero-order valence-electron chi connectivity index (χ0n) is 12.6. The van der Waals surface area contributed by atoms with E-state index in [0.717, 1.165) is 12.8 Å². The molecule has 0 aliphatic rings. The highest BCUT2D eigenvalue weighted by Crippen LogP contribution is 2.24. The number of anilines is 2. The van der Waals surface area contributed by atoms with Gasteiger partial charge in [0, 0.05) is 6.04 Å². The van der Waals surface area contributed by atoms with Gasteiger partial charge in [0.05, 0.1) is 16.3 Å². The summed E-state index contributed by atoms with van der Waals surface area (Å²) in [4.78, 5) is 0.215. The van der Waals surface area contributed by atoms with Crippen molar-refractivity contribution in [2.24, 2.45) is 5.92 Å². The number of sulfonamides is 1. The van der Waals surface area contributed by atoms with E-state index in [0.29, 0.717) is 17.3 Å². The summed E-state index contributed by atoms with van der Waals surface area (Å²) in [6.45, 7) is 6.43. The Kier molecular flexibility index (Phi) is 5.83. The molecule has 0 aliphatic heterocycles. The average Bonchev–Trinajstić information content (AvgIpc) is 2.40. The van der Waals surface area contributed by atoms with Crippen LogP contribution in [0, 0.1) is 5.92 Å². The lowest BCUT2D eigenvalue weighted by molar-refractivity contribution is 0.484. The van der Waals surface area contributed by atoms with Crippen molar-refractivity contribution in [2.75, 3.05) is 18.1 Å². The average molecular weight is 299 g/mol. The highest BCUT2D eigenvalue weighted by atomic mass is 32.2. The second-order valence-electron chi connectivity index (χ2n) is 5.25. The van der Waals surface area contributed by atoms with Crippen molar-refractivity contribution in [3.05, 3.63) is 18.2 Å². The molecule has 2 unspecified atom stereocenters. The van der Waals surface area contributed by atoms with Crippen LogP contribution in [0.2, 0.25) is 0 Å². The fraction of sp³-hybridized carbons (Fsp3) is 0.571. The molecule has 0 fully saturated rings. The second-order valence-corrected chi connectivity index (χ2v) is 7.14. The summed E-state index contributed by atoms with van der Waals surface area (Å²) in [5, 5.41) is 3.29. The topological polar surface area (TPSA) is 84.2 Å². The Morgan fingerprint density at radius 2 is 1.95 bits per heavy atom. The maximum Gasteiger partial charge on any atom is 0.240 e.